The molecule has 0 radical (unpaired) electrons. The molecule has 2 heterocycles. The van der Waals surface area contributed by atoms with Gasteiger partial charge in [0.1, 0.15) is 0 Å². The lowest BCUT2D eigenvalue weighted by atomic mass is 10.1. The van der Waals surface area contributed by atoms with Gasteiger partial charge in [-0.25, -0.2) is 0 Å². The Balaban J connectivity index is 2.91. The first-order valence-corrected chi connectivity index (χ1v) is 4.52. The van der Waals surface area contributed by atoms with Crippen LogP contribution in [0.1, 0.15) is 25.5 Å². The van der Waals surface area contributed by atoms with Crippen molar-refractivity contribution >= 4 is 10.9 Å². The standard InChI is InChI=1S/C10H11N3O/c1-6(2)9-8-7(3-4-11-9)12-5-13-10(8)14/h3-6H,1-2H3,(H,12,13,14). The zero-order valence-corrected chi connectivity index (χ0v) is 8.11. The van der Waals surface area contributed by atoms with Crippen LogP contribution in [0.25, 0.3) is 10.9 Å². The van der Waals surface area contributed by atoms with Gasteiger partial charge in [-0.15, -0.1) is 0 Å². The van der Waals surface area contributed by atoms with E-state index in [4.69, 9.17) is 0 Å². The van der Waals surface area contributed by atoms with E-state index >= 15 is 0 Å². The molecular formula is C10H11N3O. The molecule has 0 unspecified atom stereocenters. The van der Waals surface area contributed by atoms with Crippen molar-refractivity contribution in [3.8, 4) is 0 Å². The molecule has 2 aromatic heterocycles. The second-order valence-corrected chi connectivity index (χ2v) is 3.48. The summed E-state index contributed by atoms with van der Waals surface area (Å²) in [5.41, 5.74) is 1.39. The molecule has 0 amide bonds. The zero-order chi connectivity index (χ0) is 10.1. The van der Waals surface area contributed by atoms with Crippen LogP contribution in [0.15, 0.2) is 23.4 Å². The summed E-state index contributed by atoms with van der Waals surface area (Å²) in [6, 6.07) is 1.78. The molecule has 0 saturated heterocycles. The van der Waals surface area contributed by atoms with Crippen LogP contribution in [0.5, 0.6) is 0 Å². The highest BCUT2D eigenvalue weighted by molar-refractivity contribution is 5.79. The van der Waals surface area contributed by atoms with Crippen LogP contribution in [-0.2, 0) is 0 Å². The van der Waals surface area contributed by atoms with Crippen LogP contribution in [0.3, 0.4) is 0 Å². The first kappa shape index (κ1) is 8.87. The molecule has 0 aliphatic rings. The highest BCUT2D eigenvalue weighted by Crippen LogP contribution is 2.17. The van der Waals surface area contributed by atoms with Gasteiger partial charge >= 0.3 is 0 Å². The van der Waals surface area contributed by atoms with Crippen LogP contribution in [0, 0.1) is 0 Å². The van der Waals surface area contributed by atoms with Crippen molar-refractivity contribution in [1.29, 1.82) is 0 Å². The summed E-state index contributed by atoms with van der Waals surface area (Å²) in [6.45, 7) is 4.02. The quantitative estimate of drug-likeness (QED) is 0.738. The monoisotopic (exact) mass is 189 g/mol. The number of hydrogen-bond acceptors (Lipinski definition) is 3. The largest absolute Gasteiger partial charge is 0.346 e. The Bertz CT molecular complexity index is 511. The van der Waals surface area contributed by atoms with E-state index in [-0.39, 0.29) is 11.5 Å². The Hall–Kier alpha value is -1.71. The number of hydrogen-bond donors (Lipinski definition) is 1. The van der Waals surface area contributed by atoms with Crippen molar-refractivity contribution in [2.24, 2.45) is 0 Å². The van der Waals surface area contributed by atoms with E-state index < -0.39 is 0 Å². The van der Waals surface area contributed by atoms with Gasteiger partial charge in [0.25, 0.3) is 5.56 Å². The van der Waals surface area contributed by atoms with Crippen molar-refractivity contribution in [3.05, 3.63) is 34.6 Å². The minimum Gasteiger partial charge on any atom is -0.346 e. The molecule has 0 saturated carbocycles. The van der Waals surface area contributed by atoms with Crippen LogP contribution < -0.4 is 5.56 Å². The van der Waals surface area contributed by atoms with E-state index in [0.29, 0.717) is 5.39 Å². The average molecular weight is 189 g/mol. The summed E-state index contributed by atoms with van der Waals surface area (Å²) in [5, 5.41) is 0.602. The van der Waals surface area contributed by atoms with Crippen molar-refractivity contribution in [1.82, 2.24) is 15.0 Å². The maximum atomic E-state index is 11.5. The van der Waals surface area contributed by atoms with Gasteiger partial charge in [-0.1, -0.05) is 13.8 Å². The van der Waals surface area contributed by atoms with E-state index in [9.17, 15) is 4.79 Å². The normalized spacial score (nSPS) is 11.1. The Labute approximate surface area is 81.0 Å². The molecule has 0 aliphatic heterocycles. The molecule has 0 aliphatic carbocycles. The van der Waals surface area contributed by atoms with Gasteiger partial charge < -0.3 is 4.98 Å². The van der Waals surface area contributed by atoms with Crippen molar-refractivity contribution in [2.75, 3.05) is 0 Å². The summed E-state index contributed by atoms with van der Waals surface area (Å²) < 4.78 is 0. The third-order valence-corrected chi connectivity index (χ3v) is 2.14. The Morgan fingerprint density at radius 2 is 2.14 bits per heavy atom. The number of fused-ring (bicyclic) bond motifs is 1. The van der Waals surface area contributed by atoms with Gasteiger partial charge in [-0.2, -0.15) is 4.98 Å². The minimum atomic E-state index is -0.212. The topological polar surface area (TPSA) is 58.6 Å². The van der Waals surface area contributed by atoms with Crippen LogP contribution in [0.4, 0.5) is 0 Å². The molecule has 2 rings (SSSR count). The van der Waals surface area contributed by atoms with Crippen molar-refractivity contribution < 1.29 is 0 Å². The van der Waals surface area contributed by atoms with Crippen LogP contribution in [-0.4, -0.2) is 15.0 Å². The number of H-pyrrole nitrogens is 1. The van der Waals surface area contributed by atoms with Gasteiger partial charge in [0.15, 0.2) is 0 Å². The molecule has 4 heteroatoms. The van der Waals surface area contributed by atoms with E-state index in [1.807, 2.05) is 13.8 Å². The highest BCUT2D eigenvalue weighted by Gasteiger charge is 2.09. The number of nitrogens with zero attached hydrogens (tertiary/aromatic N) is 2. The highest BCUT2D eigenvalue weighted by atomic mass is 16.1. The fourth-order valence-corrected chi connectivity index (χ4v) is 1.49. The van der Waals surface area contributed by atoms with E-state index in [1.165, 1.54) is 6.33 Å². The second-order valence-electron chi connectivity index (χ2n) is 3.48. The van der Waals surface area contributed by atoms with Crippen LogP contribution in [0.2, 0.25) is 0 Å². The van der Waals surface area contributed by atoms with E-state index in [2.05, 4.69) is 15.0 Å². The van der Waals surface area contributed by atoms with Crippen LogP contribution >= 0.6 is 0 Å². The van der Waals surface area contributed by atoms with E-state index in [1.54, 1.807) is 12.3 Å². The predicted octanol–water partition coefficient (Wildman–Crippen LogP) is 1.44. The lowest BCUT2D eigenvalue weighted by Gasteiger charge is -2.06. The molecule has 0 atom stereocenters. The fourth-order valence-electron chi connectivity index (χ4n) is 1.49. The maximum absolute atomic E-state index is 11.5. The third-order valence-electron chi connectivity index (χ3n) is 2.14. The van der Waals surface area contributed by atoms with Gasteiger partial charge in [0, 0.05) is 6.20 Å². The van der Waals surface area contributed by atoms with Gasteiger partial charge in [0.2, 0.25) is 0 Å². The lowest BCUT2D eigenvalue weighted by Crippen LogP contribution is -2.10. The summed E-state index contributed by atoms with van der Waals surface area (Å²) in [7, 11) is 0. The molecule has 0 fully saturated rings. The molecule has 2 aromatic rings. The fraction of sp³-hybridized carbons (Fsp3) is 0.300. The lowest BCUT2D eigenvalue weighted by molar-refractivity contribution is 0.831. The summed E-state index contributed by atoms with van der Waals surface area (Å²) in [4.78, 5) is 22.4. The molecule has 0 bridgehead atoms. The molecular weight excluding hydrogens is 178 g/mol. The first-order valence-electron chi connectivity index (χ1n) is 4.52. The average Bonchev–Trinajstić information content (AvgIpc) is 2.17. The number of nitrogens with one attached hydrogen (secondary N) is 1. The zero-order valence-electron chi connectivity index (χ0n) is 8.11. The number of aromatic nitrogens is 3. The number of pyridine rings is 1. The molecule has 72 valence electrons. The first-order chi connectivity index (χ1) is 6.70. The molecule has 1 N–H and O–H groups in total. The summed E-state index contributed by atoms with van der Waals surface area (Å²) in [6.07, 6.45) is 3.11. The maximum Gasteiger partial charge on any atom is 0.282 e. The van der Waals surface area contributed by atoms with Crippen molar-refractivity contribution in [3.63, 3.8) is 0 Å². The predicted molar refractivity (Wildman–Crippen MR) is 54.2 cm³/mol. The number of aromatic amines is 1. The minimum absolute atomic E-state index is 0.212. The smallest absolute Gasteiger partial charge is 0.282 e. The van der Waals surface area contributed by atoms with Gasteiger partial charge in [0.05, 0.1) is 22.9 Å². The summed E-state index contributed by atoms with van der Waals surface area (Å²) in [5.74, 6) is 0.226. The summed E-state index contributed by atoms with van der Waals surface area (Å²) >= 11 is 0. The number of rotatable bonds is 1. The molecule has 0 aromatic carbocycles. The molecule has 0 spiro atoms. The molecule has 4 nitrogen and oxygen atoms in total. The van der Waals surface area contributed by atoms with Gasteiger partial charge in [-0.3, -0.25) is 9.78 Å². The second kappa shape index (κ2) is 3.21. The van der Waals surface area contributed by atoms with Crippen molar-refractivity contribution in [2.45, 2.75) is 19.8 Å². The Morgan fingerprint density at radius 1 is 1.36 bits per heavy atom. The SMILES string of the molecule is CC(C)c1nccc2[nH]cnc(=O)c12. The Morgan fingerprint density at radius 3 is 2.86 bits per heavy atom. The Kier molecular flexibility index (Phi) is 2.04. The van der Waals surface area contributed by atoms with Gasteiger partial charge in [-0.05, 0) is 12.0 Å². The van der Waals surface area contributed by atoms with E-state index in [0.717, 1.165) is 11.2 Å². The third kappa shape index (κ3) is 1.28. The molecule has 14 heavy (non-hydrogen) atoms.